The van der Waals surface area contributed by atoms with Gasteiger partial charge in [0.1, 0.15) is 0 Å². The fraction of sp³-hybridized carbons (Fsp3) is 0.238. The van der Waals surface area contributed by atoms with Gasteiger partial charge in [-0.2, -0.15) is 0 Å². The highest BCUT2D eigenvalue weighted by Crippen LogP contribution is 2.37. The van der Waals surface area contributed by atoms with Gasteiger partial charge >= 0.3 is 0 Å². The van der Waals surface area contributed by atoms with Gasteiger partial charge in [0.05, 0.1) is 41.6 Å². The fourth-order valence-electron chi connectivity index (χ4n) is 3.00. The number of imidazole rings is 1. The molecule has 1 N–H and O–H groups in total. The first kappa shape index (κ1) is 19.7. The number of hydrogen-bond donors (Lipinski definition) is 1. The molecular formula is C21H20ClN3O3S. The third-order valence-corrected chi connectivity index (χ3v) is 5.82. The molecule has 29 heavy (non-hydrogen) atoms. The second-order valence-corrected chi connectivity index (χ2v) is 7.87. The Morgan fingerprint density at radius 2 is 1.93 bits per heavy atom. The highest BCUT2D eigenvalue weighted by Gasteiger charge is 2.16. The zero-order chi connectivity index (χ0) is 20.2. The van der Waals surface area contributed by atoms with E-state index >= 15 is 0 Å². The number of hydrogen-bond acceptors (Lipinski definition) is 5. The van der Waals surface area contributed by atoms with E-state index < -0.39 is 0 Å². The van der Waals surface area contributed by atoms with Crippen molar-refractivity contribution >= 4 is 35.0 Å². The van der Waals surface area contributed by atoms with Crippen LogP contribution in [0.4, 0.5) is 5.69 Å². The molecule has 0 unspecified atom stereocenters. The summed E-state index contributed by atoms with van der Waals surface area (Å²) in [6.45, 7) is 1.15. The molecule has 2 heterocycles. The monoisotopic (exact) mass is 429 g/mol. The second kappa shape index (κ2) is 8.80. The number of rotatable bonds is 5. The van der Waals surface area contributed by atoms with Crippen molar-refractivity contribution in [2.24, 2.45) is 7.05 Å². The fourth-order valence-corrected chi connectivity index (χ4v) is 3.95. The highest BCUT2D eigenvalue weighted by molar-refractivity contribution is 7.99. The topological polar surface area (TPSA) is 65.4 Å². The van der Waals surface area contributed by atoms with Crippen molar-refractivity contribution in [1.29, 1.82) is 0 Å². The molecule has 3 aromatic rings. The molecule has 2 aromatic carbocycles. The van der Waals surface area contributed by atoms with Crippen molar-refractivity contribution in [3.8, 4) is 22.8 Å². The van der Waals surface area contributed by atoms with Crippen LogP contribution in [0.1, 0.15) is 6.42 Å². The van der Waals surface area contributed by atoms with Gasteiger partial charge in [-0.1, -0.05) is 53.7 Å². The zero-order valence-electron chi connectivity index (χ0n) is 15.9. The Kier molecular flexibility index (Phi) is 5.97. The smallest absolute Gasteiger partial charge is 0.234 e. The molecule has 4 rings (SSSR count). The van der Waals surface area contributed by atoms with E-state index in [0.29, 0.717) is 35.4 Å². The molecule has 0 bridgehead atoms. The van der Waals surface area contributed by atoms with Crippen LogP contribution < -0.4 is 14.8 Å². The summed E-state index contributed by atoms with van der Waals surface area (Å²) in [4.78, 5) is 16.9. The Hall–Kier alpha value is -2.64. The van der Waals surface area contributed by atoms with Crippen LogP contribution >= 0.6 is 23.4 Å². The van der Waals surface area contributed by atoms with Gasteiger partial charge in [0.15, 0.2) is 16.7 Å². The number of fused-ring (bicyclic) bond motifs is 1. The number of carbonyl (C=O) groups is 1. The number of halogens is 1. The van der Waals surface area contributed by atoms with E-state index in [1.54, 1.807) is 12.1 Å². The maximum absolute atomic E-state index is 12.5. The quantitative estimate of drug-likeness (QED) is 0.599. The van der Waals surface area contributed by atoms with Crippen LogP contribution in [0.5, 0.6) is 11.5 Å². The number of benzene rings is 2. The molecule has 8 heteroatoms. The number of anilines is 1. The standard InChI is InChI=1S/C21H20ClN3O3S/c1-25-17(14-6-3-2-4-7-14)12-23-21(25)29-13-20(26)24-16-11-19-18(10-15(16)22)27-8-5-9-28-19/h2-4,6-7,10-12H,5,8-9,13H2,1H3,(H,24,26). The summed E-state index contributed by atoms with van der Waals surface area (Å²) in [5.41, 5.74) is 2.59. The lowest BCUT2D eigenvalue weighted by Gasteiger charge is -2.12. The van der Waals surface area contributed by atoms with Crippen LogP contribution in [0.15, 0.2) is 53.8 Å². The van der Waals surface area contributed by atoms with Gasteiger partial charge in [-0.15, -0.1) is 0 Å². The number of thioether (sulfide) groups is 1. The average molecular weight is 430 g/mol. The van der Waals surface area contributed by atoms with Crippen molar-refractivity contribution in [3.05, 3.63) is 53.7 Å². The lowest BCUT2D eigenvalue weighted by Crippen LogP contribution is -2.15. The summed E-state index contributed by atoms with van der Waals surface area (Å²) >= 11 is 7.67. The lowest BCUT2D eigenvalue weighted by atomic mass is 10.2. The van der Waals surface area contributed by atoms with Crippen molar-refractivity contribution < 1.29 is 14.3 Å². The summed E-state index contributed by atoms with van der Waals surface area (Å²) in [7, 11) is 1.94. The molecule has 0 aliphatic carbocycles. The van der Waals surface area contributed by atoms with E-state index in [1.807, 2.05) is 48.1 Å². The van der Waals surface area contributed by atoms with Crippen LogP contribution in [0.2, 0.25) is 5.02 Å². The van der Waals surface area contributed by atoms with Gasteiger partial charge in [0.2, 0.25) is 5.91 Å². The van der Waals surface area contributed by atoms with Crippen LogP contribution in [0.25, 0.3) is 11.3 Å². The number of nitrogens with one attached hydrogen (secondary N) is 1. The molecule has 1 aliphatic rings. The Labute approximate surface area is 178 Å². The molecule has 150 valence electrons. The number of amides is 1. The van der Waals surface area contributed by atoms with Crippen LogP contribution in [0.3, 0.4) is 0 Å². The van der Waals surface area contributed by atoms with E-state index in [-0.39, 0.29) is 11.7 Å². The van der Waals surface area contributed by atoms with Gasteiger partial charge < -0.3 is 19.4 Å². The third kappa shape index (κ3) is 4.52. The average Bonchev–Trinajstić information content (AvgIpc) is 2.94. The molecule has 0 saturated carbocycles. The minimum absolute atomic E-state index is 0.171. The largest absolute Gasteiger partial charge is 0.490 e. The normalized spacial score (nSPS) is 13.0. The summed E-state index contributed by atoms with van der Waals surface area (Å²) in [5.74, 6) is 1.23. The minimum atomic E-state index is -0.171. The second-order valence-electron chi connectivity index (χ2n) is 6.52. The Bertz CT molecular complexity index is 1020. The molecule has 1 aliphatic heterocycles. The van der Waals surface area contributed by atoms with Crippen LogP contribution in [0, 0.1) is 0 Å². The first-order valence-electron chi connectivity index (χ1n) is 9.21. The molecular weight excluding hydrogens is 410 g/mol. The molecule has 0 spiro atoms. The van der Waals surface area contributed by atoms with Gasteiger partial charge in [0, 0.05) is 25.6 Å². The molecule has 1 aromatic heterocycles. The predicted octanol–water partition coefficient (Wildman–Crippen LogP) is 4.63. The summed E-state index contributed by atoms with van der Waals surface area (Å²) in [6.07, 6.45) is 2.62. The third-order valence-electron chi connectivity index (χ3n) is 4.46. The number of nitrogens with zero attached hydrogens (tertiary/aromatic N) is 2. The number of ether oxygens (including phenoxy) is 2. The first-order chi connectivity index (χ1) is 14.1. The summed E-state index contributed by atoms with van der Waals surface area (Å²) in [6, 6.07) is 13.4. The van der Waals surface area contributed by atoms with Gasteiger partial charge in [-0.25, -0.2) is 4.98 Å². The van der Waals surface area contributed by atoms with Crippen molar-refractivity contribution in [3.63, 3.8) is 0 Å². The molecule has 0 saturated heterocycles. The van der Waals surface area contributed by atoms with Gasteiger partial charge in [0.25, 0.3) is 0 Å². The van der Waals surface area contributed by atoms with E-state index in [2.05, 4.69) is 10.3 Å². The van der Waals surface area contributed by atoms with Crippen molar-refractivity contribution in [2.75, 3.05) is 24.3 Å². The summed E-state index contributed by atoms with van der Waals surface area (Å²) < 4.78 is 13.3. The van der Waals surface area contributed by atoms with Gasteiger partial charge in [-0.3, -0.25) is 4.79 Å². The SMILES string of the molecule is Cn1c(-c2ccccc2)cnc1SCC(=O)Nc1cc2c(cc1Cl)OCCCO2. The highest BCUT2D eigenvalue weighted by atomic mass is 35.5. The van der Waals surface area contributed by atoms with Crippen molar-refractivity contribution in [2.45, 2.75) is 11.6 Å². The Morgan fingerprint density at radius 1 is 1.21 bits per heavy atom. The van der Waals surface area contributed by atoms with Gasteiger partial charge in [-0.05, 0) is 5.56 Å². The number of carbonyl (C=O) groups excluding carboxylic acids is 1. The van der Waals surface area contributed by atoms with Crippen LogP contribution in [-0.2, 0) is 11.8 Å². The van der Waals surface area contributed by atoms with E-state index in [4.69, 9.17) is 21.1 Å². The molecule has 1 amide bonds. The predicted molar refractivity (Wildman–Crippen MR) is 115 cm³/mol. The summed E-state index contributed by atoms with van der Waals surface area (Å²) in [5, 5.41) is 4.02. The maximum Gasteiger partial charge on any atom is 0.234 e. The molecule has 0 atom stereocenters. The molecule has 0 radical (unpaired) electrons. The first-order valence-corrected chi connectivity index (χ1v) is 10.6. The van der Waals surface area contributed by atoms with Crippen molar-refractivity contribution in [1.82, 2.24) is 9.55 Å². The van der Waals surface area contributed by atoms with E-state index in [9.17, 15) is 4.79 Å². The molecule has 0 fully saturated rings. The Balaban J connectivity index is 1.41. The van der Waals surface area contributed by atoms with E-state index in [1.165, 1.54) is 11.8 Å². The maximum atomic E-state index is 12.5. The molecule has 6 nitrogen and oxygen atoms in total. The zero-order valence-corrected chi connectivity index (χ0v) is 17.4. The van der Waals surface area contributed by atoms with E-state index in [0.717, 1.165) is 22.8 Å². The minimum Gasteiger partial charge on any atom is -0.490 e. The lowest BCUT2D eigenvalue weighted by molar-refractivity contribution is -0.113. The van der Waals surface area contributed by atoms with Crippen LogP contribution in [-0.4, -0.2) is 34.4 Å². The Morgan fingerprint density at radius 3 is 2.69 bits per heavy atom. The number of aromatic nitrogens is 2.